The number of aromatic nitrogens is 3. The summed E-state index contributed by atoms with van der Waals surface area (Å²) >= 11 is 0. The Hall–Kier alpha value is -3.89. The Bertz CT molecular complexity index is 1410. The first kappa shape index (κ1) is 29.6. The first-order valence-corrected chi connectivity index (χ1v) is 13.2. The summed E-state index contributed by atoms with van der Waals surface area (Å²) in [6, 6.07) is -0.714. The molecule has 0 unspecified atom stereocenters. The van der Waals surface area contributed by atoms with Crippen LogP contribution in [-0.4, -0.2) is 82.9 Å². The van der Waals surface area contributed by atoms with Crippen LogP contribution in [-0.2, 0) is 26.7 Å². The van der Waals surface area contributed by atoms with Gasteiger partial charge in [0.25, 0.3) is 11.5 Å². The van der Waals surface area contributed by atoms with Crippen molar-refractivity contribution in [3.63, 3.8) is 0 Å². The van der Waals surface area contributed by atoms with Crippen LogP contribution in [0.4, 0.5) is 43.5 Å². The Morgan fingerprint density at radius 1 is 1.14 bits per heavy atom. The molecule has 0 spiro atoms. The Morgan fingerprint density at radius 3 is 2.55 bits per heavy atom. The molecule has 2 fully saturated rings. The third-order valence-electron chi connectivity index (χ3n) is 7.24. The Balaban J connectivity index is 1.17. The average Bonchev–Trinajstić information content (AvgIpc) is 3.74. The maximum absolute atomic E-state index is 13.4. The van der Waals surface area contributed by atoms with Crippen LogP contribution in [0.2, 0.25) is 0 Å². The summed E-state index contributed by atoms with van der Waals surface area (Å²) < 4.78 is 85.2. The van der Waals surface area contributed by atoms with Gasteiger partial charge in [0.15, 0.2) is 5.82 Å². The molecule has 2 amide bonds. The Kier molecular flexibility index (Phi) is 7.80. The summed E-state index contributed by atoms with van der Waals surface area (Å²) in [5, 5.41) is 7.68. The second kappa shape index (κ2) is 11.1. The predicted molar refractivity (Wildman–Crippen MR) is 136 cm³/mol. The summed E-state index contributed by atoms with van der Waals surface area (Å²) in [4.78, 5) is 46.5. The average molecular weight is 604 g/mol. The summed E-state index contributed by atoms with van der Waals surface area (Å²) in [6.07, 6.45) is -6.64. The van der Waals surface area contributed by atoms with Crippen molar-refractivity contribution in [1.82, 2.24) is 20.1 Å². The number of carbonyl (C=O) groups excluding carboxylic acids is 2. The van der Waals surface area contributed by atoms with Gasteiger partial charge < -0.3 is 24.8 Å². The minimum atomic E-state index is -4.89. The van der Waals surface area contributed by atoms with Crippen molar-refractivity contribution in [2.24, 2.45) is 0 Å². The zero-order valence-electron chi connectivity index (χ0n) is 22.3. The molecule has 17 heteroatoms. The number of aromatic amines is 1. The minimum absolute atomic E-state index is 0.0246. The number of amides is 2. The molecule has 4 heterocycles. The van der Waals surface area contributed by atoms with Gasteiger partial charge in [-0.1, -0.05) is 0 Å². The largest absolute Gasteiger partial charge is 0.423 e. The number of piperazine rings is 1. The van der Waals surface area contributed by atoms with E-state index in [9.17, 15) is 40.7 Å². The van der Waals surface area contributed by atoms with Crippen LogP contribution in [0.5, 0.6) is 0 Å². The van der Waals surface area contributed by atoms with E-state index in [0.717, 1.165) is 18.5 Å². The summed E-state index contributed by atoms with van der Waals surface area (Å²) in [5.41, 5.74) is -4.10. The van der Waals surface area contributed by atoms with Crippen molar-refractivity contribution >= 4 is 29.0 Å². The summed E-state index contributed by atoms with van der Waals surface area (Å²) in [5.74, 6) is -0.418. The number of nitrogens with zero attached hydrogens (tertiary/aromatic N) is 5. The number of carbonyl (C=O) groups is 2. The first-order valence-electron chi connectivity index (χ1n) is 13.2. The number of fused-ring (bicyclic) bond motifs is 3. The van der Waals surface area contributed by atoms with Crippen LogP contribution in [0.25, 0.3) is 0 Å². The Morgan fingerprint density at radius 2 is 1.88 bits per heavy atom. The van der Waals surface area contributed by atoms with E-state index in [1.807, 2.05) is 0 Å². The van der Waals surface area contributed by atoms with Crippen LogP contribution in [0.15, 0.2) is 23.3 Å². The SMILES string of the molecule is C[C@@H](COCCC(=O)N1CCN2c3ncc(C(F)(F)F)cc3N(C3CC3)C(=O)[C@H]2C1)Nc1cn[nH]c(=O)c1C(F)(F)F. The normalized spacial score (nSPS) is 19.8. The number of rotatable bonds is 8. The number of hydrogen-bond donors (Lipinski definition) is 2. The maximum Gasteiger partial charge on any atom is 0.423 e. The topological polar surface area (TPSA) is 124 Å². The lowest BCUT2D eigenvalue weighted by Gasteiger charge is -2.47. The number of hydrogen-bond acceptors (Lipinski definition) is 8. The number of H-pyrrole nitrogens is 1. The van der Waals surface area contributed by atoms with Gasteiger partial charge in [-0.2, -0.15) is 31.4 Å². The zero-order chi connectivity index (χ0) is 30.4. The molecule has 1 saturated carbocycles. The highest BCUT2D eigenvalue weighted by Gasteiger charge is 2.48. The molecule has 228 valence electrons. The van der Waals surface area contributed by atoms with Gasteiger partial charge in [0.05, 0.1) is 49.3 Å². The van der Waals surface area contributed by atoms with Gasteiger partial charge in [-0.15, -0.1) is 0 Å². The number of anilines is 3. The van der Waals surface area contributed by atoms with Crippen LogP contribution in [0.1, 0.15) is 37.3 Å². The lowest BCUT2D eigenvalue weighted by molar-refractivity contribution is -0.138. The first-order chi connectivity index (χ1) is 19.8. The molecule has 2 atom stereocenters. The number of pyridine rings is 1. The Labute approximate surface area is 234 Å². The smallest absolute Gasteiger partial charge is 0.379 e. The molecule has 0 aromatic carbocycles. The van der Waals surface area contributed by atoms with E-state index in [2.05, 4.69) is 15.4 Å². The van der Waals surface area contributed by atoms with E-state index in [1.54, 1.807) is 10.00 Å². The third kappa shape index (κ3) is 6.00. The summed E-state index contributed by atoms with van der Waals surface area (Å²) in [7, 11) is 0. The van der Waals surface area contributed by atoms with E-state index >= 15 is 0 Å². The lowest BCUT2D eigenvalue weighted by Crippen LogP contribution is -2.64. The van der Waals surface area contributed by atoms with Crippen molar-refractivity contribution < 1.29 is 40.7 Å². The van der Waals surface area contributed by atoms with Crippen molar-refractivity contribution in [2.75, 3.05) is 48.0 Å². The van der Waals surface area contributed by atoms with Gasteiger partial charge >= 0.3 is 12.4 Å². The molecule has 0 radical (unpaired) electrons. The number of halogens is 6. The molecule has 2 aliphatic heterocycles. The van der Waals surface area contributed by atoms with Crippen LogP contribution in [0, 0.1) is 0 Å². The van der Waals surface area contributed by atoms with Crippen molar-refractivity contribution in [3.8, 4) is 0 Å². The fourth-order valence-corrected chi connectivity index (χ4v) is 5.14. The summed E-state index contributed by atoms with van der Waals surface area (Å²) in [6.45, 7) is 1.83. The molecule has 11 nitrogen and oxygen atoms in total. The quantitative estimate of drug-likeness (QED) is 0.349. The monoisotopic (exact) mass is 603 g/mol. The number of ether oxygens (including phenoxy) is 1. The zero-order valence-corrected chi connectivity index (χ0v) is 22.3. The van der Waals surface area contributed by atoms with Crippen molar-refractivity contribution in [2.45, 2.75) is 56.7 Å². The van der Waals surface area contributed by atoms with Crippen LogP contribution in [0.3, 0.4) is 0 Å². The number of alkyl halides is 6. The second-order valence-corrected chi connectivity index (χ2v) is 10.4. The third-order valence-corrected chi connectivity index (χ3v) is 7.24. The van der Waals surface area contributed by atoms with E-state index in [4.69, 9.17) is 4.74 Å². The van der Waals surface area contributed by atoms with Gasteiger partial charge in [0.2, 0.25) is 5.91 Å². The molecule has 5 rings (SSSR count). The molecule has 42 heavy (non-hydrogen) atoms. The molecular formula is C25H27F6N7O4. The predicted octanol–water partition coefficient (Wildman–Crippen LogP) is 2.64. The van der Waals surface area contributed by atoms with Crippen LogP contribution < -0.4 is 20.7 Å². The number of nitrogens with one attached hydrogen (secondary N) is 2. The molecule has 1 saturated heterocycles. The molecule has 2 N–H and O–H groups in total. The molecule has 2 aromatic rings. The van der Waals surface area contributed by atoms with E-state index in [1.165, 1.54) is 16.7 Å². The van der Waals surface area contributed by atoms with Crippen LogP contribution >= 0.6 is 0 Å². The van der Waals surface area contributed by atoms with Crippen molar-refractivity contribution in [1.29, 1.82) is 0 Å². The van der Waals surface area contributed by atoms with E-state index < -0.39 is 46.8 Å². The second-order valence-electron chi connectivity index (χ2n) is 10.4. The van der Waals surface area contributed by atoms with Gasteiger partial charge in [-0.05, 0) is 25.8 Å². The fraction of sp³-hybridized carbons (Fsp3) is 0.560. The van der Waals surface area contributed by atoms with Gasteiger partial charge in [-0.3, -0.25) is 14.4 Å². The molecule has 1 aliphatic carbocycles. The standard InChI is InChI=1S/C25H27F6N7O4/c1-13(34-16-10-33-35-22(40)20(16)25(29,30)31)12-42-7-4-19(39)36-5-6-37-18(11-36)23(41)38(15-2-3-15)17-8-14(24(26,27)28)9-32-21(17)37/h8-10,13,15,18H,2-7,11-12H2,1H3,(H2,34,35,40)/t13-,18+/m0/s1. The fourth-order valence-electron chi connectivity index (χ4n) is 5.14. The van der Waals surface area contributed by atoms with Gasteiger partial charge in [0.1, 0.15) is 11.6 Å². The molecular weight excluding hydrogens is 576 g/mol. The van der Waals surface area contributed by atoms with Crippen molar-refractivity contribution in [3.05, 3.63) is 39.9 Å². The van der Waals surface area contributed by atoms with Gasteiger partial charge in [0, 0.05) is 31.4 Å². The van der Waals surface area contributed by atoms with E-state index in [-0.39, 0.29) is 68.6 Å². The van der Waals surface area contributed by atoms with Gasteiger partial charge in [-0.25, -0.2) is 10.1 Å². The van der Waals surface area contributed by atoms with E-state index in [0.29, 0.717) is 12.8 Å². The highest BCUT2D eigenvalue weighted by molar-refractivity contribution is 6.06. The lowest BCUT2D eigenvalue weighted by atomic mass is 10.0. The highest BCUT2D eigenvalue weighted by atomic mass is 19.4. The minimum Gasteiger partial charge on any atom is -0.379 e. The molecule has 2 aromatic heterocycles. The maximum atomic E-state index is 13.4. The highest BCUT2D eigenvalue weighted by Crippen LogP contribution is 2.44. The molecule has 3 aliphatic rings. The molecule has 0 bridgehead atoms.